The Morgan fingerprint density at radius 3 is 2.36 bits per heavy atom. The predicted molar refractivity (Wildman–Crippen MR) is 84.8 cm³/mol. The first-order valence-electron chi connectivity index (χ1n) is 7.65. The van der Waals surface area contributed by atoms with E-state index in [-0.39, 0.29) is 24.1 Å². The zero-order valence-corrected chi connectivity index (χ0v) is 13.6. The topological polar surface area (TPSA) is 49.4 Å². The van der Waals surface area contributed by atoms with Crippen molar-refractivity contribution in [1.82, 2.24) is 10.2 Å². The SMILES string of the molecule is CC(=O)N(CCNC(=O)Cc1ccc(F)cc1)CCC(C)C. The van der Waals surface area contributed by atoms with E-state index in [1.807, 2.05) is 0 Å². The molecule has 0 fully saturated rings. The van der Waals surface area contributed by atoms with Crippen LogP contribution in [0.5, 0.6) is 0 Å². The first-order chi connectivity index (χ1) is 10.4. The van der Waals surface area contributed by atoms with Gasteiger partial charge in [-0.15, -0.1) is 0 Å². The van der Waals surface area contributed by atoms with Gasteiger partial charge in [0.05, 0.1) is 6.42 Å². The van der Waals surface area contributed by atoms with Crippen LogP contribution in [0.25, 0.3) is 0 Å². The molecule has 0 atom stereocenters. The summed E-state index contributed by atoms with van der Waals surface area (Å²) < 4.78 is 12.8. The molecule has 0 aliphatic heterocycles. The number of nitrogens with one attached hydrogen (secondary N) is 1. The first kappa shape index (κ1) is 18.1. The summed E-state index contributed by atoms with van der Waals surface area (Å²) in [7, 11) is 0. The van der Waals surface area contributed by atoms with Crippen molar-refractivity contribution in [3.05, 3.63) is 35.6 Å². The number of hydrogen-bond acceptors (Lipinski definition) is 2. The monoisotopic (exact) mass is 308 g/mol. The fraction of sp³-hybridized carbons (Fsp3) is 0.529. The van der Waals surface area contributed by atoms with Crippen molar-refractivity contribution in [2.75, 3.05) is 19.6 Å². The first-order valence-corrected chi connectivity index (χ1v) is 7.65. The lowest BCUT2D eigenvalue weighted by atomic mass is 10.1. The van der Waals surface area contributed by atoms with Gasteiger partial charge in [0, 0.05) is 26.6 Å². The molecule has 1 aromatic rings. The molecule has 122 valence electrons. The van der Waals surface area contributed by atoms with Gasteiger partial charge < -0.3 is 10.2 Å². The highest BCUT2D eigenvalue weighted by atomic mass is 19.1. The van der Waals surface area contributed by atoms with E-state index in [1.54, 1.807) is 24.0 Å². The van der Waals surface area contributed by atoms with Gasteiger partial charge in [-0.1, -0.05) is 26.0 Å². The van der Waals surface area contributed by atoms with Crippen molar-refractivity contribution in [3.63, 3.8) is 0 Å². The summed E-state index contributed by atoms with van der Waals surface area (Å²) in [5.41, 5.74) is 0.766. The number of amides is 2. The molecule has 0 spiro atoms. The Bertz CT molecular complexity index is 486. The Labute approximate surface area is 131 Å². The average molecular weight is 308 g/mol. The van der Waals surface area contributed by atoms with Gasteiger partial charge in [0.2, 0.25) is 11.8 Å². The van der Waals surface area contributed by atoms with Crippen LogP contribution in [-0.4, -0.2) is 36.3 Å². The summed E-state index contributed by atoms with van der Waals surface area (Å²) in [5, 5.41) is 2.79. The second-order valence-electron chi connectivity index (χ2n) is 5.84. The lowest BCUT2D eigenvalue weighted by Crippen LogP contribution is -2.38. The minimum atomic E-state index is -0.314. The van der Waals surface area contributed by atoms with Crippen molar-refractivity contribution in [2.45, 2.75) is 33.6 Å². The minimum absolute atomic E-state index is 0.0217. The van der Waals surface area contributed by atoms with Gasteiger partial charge in [0.25, 0.3) is 0 Å². The van der Waals surface area contributed by atoms with Crippen LogP contribution in [0.15, 0.2) is 24.3 Å². The molecule has 0 saturated heterocycles. The third-order valence-electron chi connectivity index (χ3n) is 3.40. The largest absolute Gasteiger partial charge is 0.354 e. The lowest BCUT2D eigenvalue weighted by Gasteiger charge is -2.22. The molecule has 0 aromatic heterocycles. The van der Waals surface area contributed by atoms with Gasteiger partial charge in [-0.05, 0) is 30.0 Å². The summed E-state index contributed by atoms with van der Waals surface area (Å²) in [4.78, 5) is 25.1. The third-order valence-corrected chi connectivity index (χ3v) is 3.40. The molecule has 0 aliphatic carbocycles. The molecule has 1 N–H and O–H groups in total. The van der Waals surface area contributed by atoms with Crippen LogP contribution in [0.3, 0.4) is 0 Å². The van der Waals surface area contributed by atoms with E-state index < -0.39 is 0 Å². The van der Waals surface area contributed by atoms with Crippen molar-refractivity contribution in [1.29, 1.82) is 0 Å². The zero-order valence-electron chi connectivity index (χ0n) is 13.6. The standard InChI is InChI=1S/C17H25FN2O2/c1-13(2)8-10-20(14(3)21)11-9-19-17(22)12-15-4-6-16(18)7-5-15/h4-7,13H,8-12H2,1-3H3,(H,19,22). The smallest absolute Gasteiger partial charge is 0.224 e. The Hall–Kier alpha value is -1.91. The second kappa shape index (κ2) is 9.18. The van der Waals surface area contributed by atoms with Crippen LogP contribution < -0.4 is 5.32 Å². The number of halogens is 1. The number of nitrogens with zero attached hydrogens (tertiary/aromatic N) is 1. The highest BCUT2D eigenvalue weighted by Crippen LogP contribution is 2.04. The predicted octanol–water partition coefficient (Wildman–Crippen LogP) is 2.38. The van der Waals surface area contributed by atoms with E-state index in [1.165, 1.54) is 12.1 Å². The molecule has 5 heteroatoms. The Morgan fingerprint density at radius 2 is 1.82 bits per heavy atom. The van der Waals surface area contributed by atoms with Crippen LogP contribution in [0.2, 0.25) is 0 Å². The van der Waals surface area contributed by atoms with Gasteiger partial charge in [-0.2, -0.15) is 0 Å². The molecule has 0 radical (unpaired) electrons. The number of hydrogen-bond donors (Lipinski definition) is 1. The number of rotatable bonds is 8. The molecule has 1 aromatic carbocycles. The fourth-order valence-electron chi connectivity index (χ4n) is 2.02. The molecule has 0 heterocycles. The number of carbonyl (C=O) groups excluding carboxylic acids is 2. The molecule has 1 rings (SSSR count). The maximum atomic E-state index is 12.8. The van der Waals surface area contributed by atoms with Gasteiger partial charge >= 0.3 is 0 Å². The third kappa shape index (κ3) is 7.20. The highest BCUT2D eigenvalue weighted by molar-refractivity contribution is 5.78. The van der Waals surface area contributed by atoms with Crippen LogP contribution in [0.4, 0.5) is 4.39 Å². The van der Waals surface area contributed by atoms with Crippen molar-refractivity contribution in [3.8, 4) is 0 Å². The van der Waals surface area contributed by atoms with Gasteiger partial charge in [0.1, 0.15) is 5.82 Å². The summed E-state index contributed by atoms with van der Waals surface area (Å²) in [6, 6.07) is 5.87. The van der Waals surface area contributed by atoms with Crippen LogP contribution in [0, 0.1) is 11.7 Å². The molecule has 0 saturated carbocycles. The van der Waals surface area contributed by atoms with E-state index in [0.717, 1.165) is 12.0 Å². The quantitative estimate of drug-likeness (QED) is 0.801. The molecule has 22 heavy (non-hydrogen) atoms. The maximum Gasteiger partial charge on any atom is 0.224 e. The number of carbonyl (C=O) groups is 2. The number of benzene rings is 1. The van der Waals surface area contributed by atoms with Crippen LogP contribution >= 0.6 is 0 Å². The van der Waals surface area contributed by atoms with Gasteiger partial charge in [-0.25, -0.2) is 4.39 Å². The maximum absolute atomic E-state index is 12.8. The zero-order chi connectivity index (χ0) is 16.5. The van der Waals surface area contributed by atoms with E-state index in [4.69, 9.17) is 0 Å². The second-order valence-corrected chi connectivity index (χ2v) is 5.84. The molecule has 4 nitrogen and oxygen atoms in total. The summed E-state index contributed by atoms with van der Waals surface area (Å²) in [5.74, 6) is 0.119. The lowest BCUT2D eigenvalue weighted by molar-refractivity contribution is -0.129. The van der Waals surface area contributed by atoms with Gasteiger partial charge in [-0.3, -0.25) is 9.59 Å². The minimum Gasteiger partial charge on any atom is -0.354 e. The van der Waals surface area contributed by atoms with Crippen molar-refractivity contribution < 1.29 is 14.0 Å². The van der Waals surface area contributed by atoms with E-state index in [9.17, 15) is 14.0 Å². The Balaban J connectivity index is 2.33. The molecule has 2 amide bonds. The molecular formula is C17H25FN2O2. The molecule has 0 bridgehead atoms. The van der Waals surface area contributed by atoms with Crippen LogP contribution in [-0.2, 0) is 16.0 Å². The normalized spacial score (nSPS) is 10.6. The summed E-state index contributed by atoms with van der Waals surface area (Å²) in [6.07, 6.45) is 1.16. The molecule has 0 unspecified atom stereocenters. The van der Waals surface area contributed by atoms with E-state index >= 15 is 0 Å². The van der Waals surface area contributed by atoms with Crippen LogP contribution in [0.1, 0.15) is 32.8 Å². The van der Waals surface area contributed by atoms with Gasteiger partial charge in [0.15, 0.2) is 0 Å². The Kier molecular flexibility index (Phi) is 7.57. The highest BCUT2D eigenvalue weighted by Gasteiger charge is 2.10. The van der Waals surface area contributed by atoms with E-state index in [0.29, 0.717) is 25.6 Å². The Morgan fingerprint density at radius 1 is 1.18 bits per heavy atom. The van der Waals surface area contributed by atoms with E-state index in [2.05, 4.69) is 19.2 Å². The fourth-order valence-corrected chi connectivity index (χ4v) is 2.02. The molecular weight excluding hydrogens is 283 g/mol. The summed E-state index contributed by atoms with van der Waals surface area (Å²) >= 11 is 0. The summed E-state index contributed by atoms with van der Waals surface area (Å²) in [6.45, 7) is 7.42. The van der Waals surface area contributed by atoms with Crippen molar-refractivity contribution >= 4 is 11.8 Å². The van der Waals surface area contributed by atoms with Crippen molar-refractivity contribution in [2.24, 2.45) is 5.92 Å². The molecule has 0 aliphatic rings. The average Bonchev–Trinajstić information content (AvgIpc) is 2.44.